The maximum atomic E-state index is 13.8. The summed E-state index contributed by atoms with van der Waals surface area (Å²) in [5, 5.41) is 0. The van der Waals surface area contributed by atoms with Gasteiger partial charge in [-0.1, -0.05) is 18.2 Å². The maximum absolute atomic E-state index is 13.8. The number of piperazine rings is 1. The Bertz CT molecular complexity index is 946. The fourth-order valence-electron chi connectivity index (χ4n) is 7.36. The molecule has 1 aromatic carbocycles. The second-order valence-electron chi connectivity index (χ2n) is 11.3. The number of esters is 1. The van der Waals surface area contributed by atoms with Gasteiger partial charge in [-0.25, -0.2) is 0 Å². The largest absolute Gasteiger partial charge is 0.469 e. The molecule has 2 amide bonds. The summed E-state index contributed by atoms with van der Waals surface area (Å²) in [5.74, 6) is 1.16. The highest BCUT2D eigenvalue weighted by Gasteiger charge is 2.49. The maximum Gasteiger partial charge on any atom is 0.305 e. The molecule has 4 fully saturated rings. The number of carbonyl (C=O) groups excluding carboxylic acids is 3. The van der Waals surface area contributed by atoms with Crippen LogP contribution in [0.3, 0.4) is 0 Å². The van der Waals surface area contributed by atoms with E-state index in [9.17, 15) is 14.4 Å². The Morgan fingerprint density at radius 1 is 0.946 bits per heavy atom. The lowest BCUT2D eigenvalue weighted by atomic mass is 9.69. The van der Waals surface area contributed by atoms with Gasteiger partial charge in [-0.2, -0.15) is 0 Å². The zero-order valence-corrected chi connectivity index (χ0v) is 22.2. The Kier molecular flexibility index (Phi) is 8.45. The Labute approximate surface area is 220 Å². The van der Waals surface area contributed by atoms with E-state index < -0.39 is 0 Å². The van der Waals surface area contributed by atoms with Gasteiger partial charge in [0.1, 0.15) is 0 Å². The van der Waals surface area contributed by atoms with Gasteiger partial charge < -0.3 is 14.5 Å². The van der Waals surface area contributed by atoms with Crippen molar-refractivity contribution in [3.63, 3.8) is 0 Å². The number of nitrogens with zero attached hydrogens (tertiary/aromatic N) is 4. The summed E-state index contributed by atoms with van der Waals surface area (Å²) in [6.07, 6.45) is 6.83. The highest BCUT2D eigenvalue weighted by Crippen LogP contribution is 2.43. The van der Waals surface area contributed by atoms with Crippen LogP contribution in [0.15, 0.2) is 30.3 Å². The molecule has 0 radical (unpaired) electrons. The summed E-state index contributed by atoms with van der Waals surface area (Å²) in [7, 11) is 1.44. The molecular weight excluding hydrogens is 468 g/mol. The van der Waals surface area contributed by atoms with Crippen molar-refractivity contribution >= 4 is 17.8 Å². The molecule has 0 aromatic heterocycles. The molecule has 5 rings (SSSR count). The third-order valence-electron chi connectivity index (χ3n) is 9.14. The van der Waals surface area contributed by atoms with Crippen LogP contribution < -0.4 is 0 Å². The fraction of sp³-hybridized carbons (Fsp3) is 0.690. The van der Waals surface area contributed by atoms with Gasteiger partial charge in [0, 0.05) is 56.8 Å². The lowest BCUT2D eigenvalue weighted by Crippen LogP contribution is -2.66. The minimum absolute atomic E-state index is 0.0680. The molecule has 202 valence electrons. The molecule has 0 aliphatic carbocycles. The van der Waals surface area contributed by atoms with Crippen LogP contribution in [0.5, 0.6) is 0 Å². The van der Waals surface area contributed by atoms with E-state index in [1.54, 1.807) is 0 Å². The van der Waals surface area contributed by atoms with Crippen LogP contribution in [0.25, 0.3) is 0 Å². The second-order valence-corrected chi connectivity index (χ2v) is 11.3. The summed E-state index contributed by atoms with van der Waals surface area (Å²) < 4.78 is 4.87. The van der Waals surface area contributed by atoms with Gasteiger partial charge >= 0.3 is 5.97 Å². The van der Waals surface area contributed by atoms with Gasteiger partial charge in [0.15, 0.2) is 0 Å². The molecule has 37 heavy (non-hydrogen) atoms. The Morgan fingerprint density at radius 2 is 1.68 bits per heavy atom. The van der Waals surface area contributed by atoms with Crippen LogP contribution in [0.4, 0.5) is 0 Å². The van der Waals surface area contributed by atoms with Crippen molar-refractivity contribution in [3.05, 3.63) is 35.9 Å². The number of likely N-dealkylation sites (tertiary alicyclic amines) is 1. The number of methoxy groups -OCH3 is 1. The molecule has 8 heteroatoms. The average Bonchev–Trinajstić information content (AvgIpc) is 2.94. The van der Waals surface area contributed by atoms with Crippen molar-refractivity contribution in [1.82, 2.24) is 19.6 Å². The number of benzene rings is 1. The first kappa shape index (κ1) is 26.2. The standard InChI is InChI=1S/C29H42N4O4/c1-37-27(35)13-5-12-25-24-11-7-15-31-14-6-10-23(28(24)31)20-33(25)26(34)21-30-16-18-32(19-17-30)29(36)22-8-3-2-4-9-22/h2-4,8-9,23-25,28H,5-7,10-21H2,1H3. The van der Waals surface area contributed by atoms with E-state index in [2.05, 4.69) is 14.7 Å². The summed E-state index contributed by atoms with van der Waals surface area (Å²) in [6.45, 7) is 6.35. The lowest BCUT2D eigenvalue weighted by molar-refractivity contribution is -0.148. The molecule has 4 aliphatic heterocycles. The first-order chi connectivity index (χ1) is 18.0. The smallest absolute Gasteiger partial charge is 0.305 e. The van der Waals surface area contributed by atoms with Crippen LogP contribution in [-0.4, -0.2) is 109 Å². The van der Waals surface area contributed by atoms with E-state index in [1.807, 2.05) is 35.2 Å². The normalized spacial score (nSPS) is 28.5. The Morgan fingerprint density at radius 3 is 2.41 bits per heavy atom. The van der Waals surface area contributed by atoms with Gasteiger partial charge in [0.25, 0.3) is 5.91 Å². The van der Waals surface area contributed by atoms with Crippen molar-refractivity contribution in [2.75, 3.05) is 59.5 Å². The molecule has 4 saturated heterocycles. The molecule has 0 N–H and O–H groups in total. The fourth-order valence-corrected chi connectivity index (χ4v) is 7.36. The number of hydrogen-bond donors (Lipinski definition) is 0. The summed E-state index contributed by atoms with van der Waals surface area (Å²) in [5.41, 5.74) is 0.721. The molecule has 0 saturated carbocycles. The van der Waals surface area contributed by atoms with Gasteiger partial charge in [-0.3, -0.25) is 24.2 Å². The number of carbonyl (C=O) groups is 3. The molecule has 8 nitrogen and oxygen atoms in total. The van der Waals surface area contributed by atoms with E-state index in [0.29, 0.717) is 57.0 Å². The van der Waals surface area contributed by atoms with E-state index in [0.717, 1.165) is 24.9 Å². The van der Waals surface area contributed by atoms with Crippen LogP contribution in [0.1, 0.15) is 55.3 Å². The van der Waals surface area contributed by atoms with Crippen LogP contribution >= 0.6 is 0 Å². The second kappa shape index (κ2) is 11.9. The SMILES string of the molecule is COC(=O)CCCC1C2CCCN3CCCC(CN1C(=O)CN1CCN(C(=O)c4ccccc4)CC1)C23. The quantitative estimate of drug-likeness (QED) is 0.525. The lowest BCUT2D eigenvalue weighted by Gasteiger charge is -2.57. The molecule has 4 heterocycles. The monoisotopic (exact) mass is 510 g/mol. The number of ether oxygens (including phenoxy) is 1. The van der Waals surface area contributed by atoms with Gasteiger partial charge in [-0.15, -0.1) is 0 Å². The van der Waals surface area contributed by atoms with Gasteiger partial charge in [0.2, 0.25) is 5.91 Å². The molecule has 1 aromatic rings. The van der Waals surface area contributed by atoms with Crippen molar-refractivity contribution in [2.24, 2.45) is 11.8 Å². The van der Waals surface area contributed by atoms with Crippen molar-refractivity contribution in [1.29, 1.82) is 0 Å². The third kappa shape index (κ3) is 5.85. The summed E-state index contributed by atoms with van der Waals surface area (Å²) in [6, 6.07) is 10.2. The summed E-state index contributed by atoms with van der Waals surface area (Å²) >= 11 is 0. The minimum atomic E-state index is -0.169. The van der Waals surface area contributed by atoms with Crippen molar-refractivity contribution < 1.29 is 19.1 Å². The van der Waals surface area contributed by atoms with Crippen LogP contribution in [0.2, 0.25) is 0 Å². The number of rotatable bonds is 7. The van der Waals surface area contributed by atoms with E-state index >= 15 is 0 Å². The Balaban J connectivity index is 1.22. The predicted molar refractivity (Wildman–Crippen MR) is 141 cm³/mol. The first-order valence-electron chi connectivity index (χ1n) is 14.2. The van der Waals surface area contributed by atoms with E-state index in [-0.39, 0.29) is 23.8 Å². The van der Waals surface area contributed by atoms with Crippen LogP contribution in [-0.2, 0) is 14.3 Å². The zero-order valence-electron chi connectivity index (χ0n) is 22.2. The average molecular weight is 511 g/mol. The van der Waals surface area contributed by atoms with E-state index in [4.69, 9.17) is 4.74 Å². The summed E-state index contributed by atoms with van der Waals surface area (Å²) in [4.78, 5) is 47.4. The molecule has 0 bridgehead atoms. The molecular formula is C29H42N4O4. The van der Waals surface area contributed by atoms with Gasteiger partial charge in [-0.05, 0) is 75.6 Å². The number of piperidine rings is 3. The predicted octanol–water partition coefficient (Wildman–Crippen LogP) is 2.49. The van der Waals surface area contributed by atoms with Crippen molar-refractivity contribution in [3.8, 4) is 0 Å². The zero-order chi connectivity index (χ0) is 25.8. The molecule has 4 aliphatic rings. The highest BCUT2D eigenvalue weighted by molar-refractivity contribution is 5.94. The minimum Gasteiger partial charge on any atom is -0.469 e. The molecule has 4 atom stereocenters. The first-order valence-corrected chi connectivity index (χ1v) is 14.2. The third-order valence-corrected chi connectivity index (χ3v) is 9.14. The highest BCUT2D eigenvalue weighted by atomic mass is 16.5. The van der Waals surface area contributed by atoms with E-state index in [1.165, 1.54) is 45.9 Å². The number of hydrogen-bond acceptors (Lipinski definition) is 6. The number of amides is 2. The molecule has 4 unspecified atom stereocenters. The van der Waals surface area contributed by atoms with Crippen LogP contribution in [0, 0.1) is 11.8 Å². The van der Waals surface area contributed by atoms with Crippen molar-refractivity contribution in [2.45, 2.75) is 57.0 Å². The Hall–Kier alpha value is -2.45. The van der Waals surface area contributed by atoms with Gasteiger partial charge in [0.05, 0.1) is 13.7 Å². The topological polar surface area (TPSA) is 73.4 Å². The molecule has 0 spiro atoms.